The molecule has 0 atom stereocenters. The summed E-state index contributed by atoms with van der Waals surface area (Å²) < 4.78 is 5.90. The number of rotatable bonds is 6. The normalized spacial score (nSPS) is 10.9. The summed E-state index contributed by atoms with van der Waals surface area (Å²) in [7, 11) is 1.73. The third-order valence-electron chi connectivity index (χ3n) is 4.47. The van der Waals surface area contributed by atoms with Crippen LogP contribution in [0.3, 0.4) is 0 Å². The average molecular weight is 376 g/mol. The first-order valence-corrected chi connectivity index (χ1v) is 8.82. The predicted octanol–water partition coefficient (Wildman–Crippen LogP) is 2.88. The number of amides is 1. The molecule has 0 aliphatic rings. The van der Waals surface area contributed by atoms with Crippen LogP contribution in [0.15, 0.2) is 59.4 Å². The molecule has 4 rings (SSSR count). The van der Waals surface area contributed by atoms with E-state index in [1.54, 1.807) is 24.5 Å². The van der Waals surface area contributed by atoms with E-state index in [-0.39, 0.29) is 12.5 Å². The first-order valence-electron chi connectivity index (χ1n) is 8.82. The van der Waals surface area contributed by atoms with Gasteiger partial charge in [0, 0.05) is 24.8 Å². The molecule has 0 radical (unpaired) electrons. The van der Waals surface area contributed by atoms with E-state index in [2.05, 4.69) is 20.3 Å². The van der Waals surface area contributed by atoms with Crippen molar-refractivity contribution >= 4 is 28.6 Å². The molecular weight excluding hydrogens is 356 g/mol. The van der Waals surface area contributed by atoms with Gasteiger partial charge in [-0.15, -0.1) is 0 Å². The Kier molecular flexibility index (Phi) is 4.77. The van der Waals surface area contributed by atoms with Crippen molar-refractivity contribution in [3.63, 3.8) is 0 Å². The van der Waals surface area contributed by atoms with Crippen LogP contribution >= 0.6 is 0 Å². The number of fused-ring (bicyclic) bond motifs is 1. The summed E-state index contributed by atoms with van der Waals surface area (Å²) in [5.41, 5.74) is 9.93. The molecule has 2 heterocycles. The molecule has 142 valence electrons. The van der Waals surface area contributed by atoms with Crippen LogP contribution in [0.1, 0.15) is 5.56 Å². The number of nitrogens with zero attached hydrogens (tertiary/aromatic N) is 3. The lowest BCUT2D eigenvalue weighted by atomic mass is 10.1. The number of anilines is 2. The zero-order valence-corrected chi connectivity index (χ0v) is 15.3. The number of nitrogens with two attached hydrogens (primary N) is 1. The largest absolute Gasteiger partial charge is 0.423 e. The molecule has 0 saturated carbocycles. The lowest BCUT2D eigenvalue weighted by molar-refractivity contribution is -0.128. The molecule has 0 fully saturated rings. The Morgan fingerprint density at radius 3 is 2.96 bits per heavy atom. The van der Waals surface area contributed by atoms with Crippen LogP contribution in [0.5, 0.6) is 0 Å². The maximum atomic E-state index is 11.8. The summed E-state index contributed by atoms with van der Waals surface area (Å²) in [6.45, 7) is 0.419. The monoisotopic (exact) mass is 376 g/mol. The fraction of sp³-hybridized carbons (Fsp3) is 0.150. The van der Waals surface area contributed by atoms with E-state index in [0.29, 0.717) is 18.3 Å². The number of H-pyrrole nitrogens is 1. The van der Waals surface area contributed by atoms with Gasteiger partial charge in [0.2, 0.25) is 5.91 Å². The lowest BCUT2D eigenvalue weighted by Crippen LogP contribution is -2.32. The topological polar surface area (TPSA) is 113 Å². The quantitative estimate of drug-likeness (QED) is 0.477. The predicted molar refractivity (Wildman–Crippen MR) is 107 cm³/mol. The smallest absolute Gasteiger partial charge is 0.299 e. The minimum absolute atomic E-state index is 0.0181. The minimum Gasteiger partial charge on any atom is -0.423 e. The molecule has 0 unspecified atom stereocenters. The summed E-state index contributed by atoms with van der Waals surface area (Å²) in [6, 6.07) is 13.9. The van der Waals surface area contributed by atoms with Gasteiger partial charge >= 0.3 is 0 Å². The zero-order chi connectivity index (χ0) is 19.5. The molecule has 8 heteroatoms. The van der Waals surface area contributed by atoms with E-state index in [4.69, 9.17) is 10.2 Å². The first-order chi connectivity index (χ1) is 13.6. The summed E-state index contributed by atoms with van der Waals surface area (Å²) in [4.78, 5) is 25.0. The molecule has 0 spiro atoms. The van der Waals surface area contributed by atoms with Crippen LogP contribution in [0.2, 0.25) is 0 Å². The highest BCUT2D eigenvalue weighted by Crippen LogP contribution is 2.28. The molecule has 4 N–H and O–H groups in total. The van der Waals surface area contributed by atoms with E-state index >= 15 is 0 Å². The van der Waals surface area contributed by atoms with Crippen molar-refractivity contribution in [2.45, 2.75) is 6.54 Å². The van der Waals surface area contributed by atoms with Gasteiger partial charge in [0.15, 0.2) is 5.76 Å². The Hall–Kier alpha value is -3.65. The Labute approximate surface area is 161 Å². The van der Waals surface area contributed by atoms with Gasteiger partial charge in [-0.25, -0.2) is 9.97 Å². The van der Waals surface area contributed by atoms with Gasteiger partial charge < -0.3 is 25.4 Å². The standard InChI is InChI=1S/C20H20N6O2/c1-26(19(27)9-21)11-13-4-2-3-5-15(13)18-10-22-20(28-18)25-14-6-7-16-17(8-14)24-12-23-16/h2-8,10,12H,9,11,21H2,1H3,(H,22,25)(H,23,24). The van der Waals surface area contributed by atoms with Crippen molar-refractivity contribution in [3.05, 3.63) is 60.6 Å². The number of carbonyl (C=O) groups is 1. The van der Waals surface area contributed by atoms with Gasteiger partial charge in [-0.2, -0.15) is 0 Å². The molecule has 0 bridgehead atoms. The summed E-state index contributed by atoms with van der Waals surface area (Å²) in [6.07, 6.45) is 3.32. The molecule has 28 heavy (non-hydrogen) atoms. The van der Waals surface area contributed by atoms with Crippen LogP contribution in [0, 0.1) is 0 Å². The number of carbonyl (C=O) groups excluding carboxylic acids is 1. The van der Waals surface area contributed by atoms with Crippen molar-refractivity contribution in [1.82, 2.24) is 19.9 Å². The average Bonchev–Trinajstić information content (AvgIpc) is 3.36. The van der Waals surface area contributed by atoms with Crippen LogP contribution in [0.25, 0.3) is 22.4 Å². The molecular formula is C20H20N6O2. The Morgan fingerprint density at radius 2 is 2.11 bits per heavy atom. The Morgan fingerprint density at radius 1 is 1.25 bits per heavy atom. The van der Waals surface area contributed by atoms with Crippen molar-refractivity contribution in [2.75, 3.05) is 18.9 Å². The van der Waals surface area contributed by atoms with Crippen molar-refractivity contribution in [3.8, 4) is 11.3 Å². The third kappa shape index (κ3) is 3.58. The van der Waals surface area contributed by atoms with Crippen molar-refractivity contribution in [2.24, 2.45) is 5.73 Å². The molecule has 0 aliphatic heterocycles. The highest BCUT2D eigenvalue weighted by molar-refractivity contribution is 5.80. The maximum absolute atomic E-state index is 11.8. The molecule has 1 amide bonds. The second-order valence-electron chi connectivity index (χ2n) is 6.40. The maximum Gasteiger partial charge on any atom is 0.299 e. The Balaban J connectivity index is 1.56. The number of likely N-dealkylation sites (N-methyl/N-ethyl adjacent to an activating group) is 1. The van der Waals surface area contributed by atoms with Gasteiger partial charge in [0.05, 0.1) is 30.1 Å². The second kappa shape index (κ2) is 7.53. The molecule has 0 aliphatic carbocycles. The van der Waals surface area contributed by atoms with E-state index < -0.39 is 0 Å². The summed E-state index contributed by atoms with van der Waals surface area (Å²) in [5.74, 6) is 0.498. The number of imidazole rings is 1. The van der Waals surface area contributed by atoms with Crippen LogP contribution < -0.4 is 11.1 Å². The van der Waals surface area contributed by atoms with E-state index in [9.17, 15) is 4.79 Å². The Bertz CT molecular complexity index is 1120. The van der Waals surface area contributed by atoms with E-state index in [0.717, 1.165) is 27.8 Å². The molecule has 2 aromatic heterocycles. The second-order valence-corrected chi connectivity index (χ2v) is 6.40. The van der Waals surface area contributed by atoms with Gasteiger partial charge in [0.1, 0.15) is 0 Å². The number of aromatic amines is 1. The fourth-order valence-corrected chi connectivity index (χ4v) is 2.99. The van der Waals surface area contributed by atoms with E-state index in [1.165, 1.54) is 0 Å². The molecule has 0 saturated heterocycles. The van der Waals surface area contributed by atoms with Crippen molar-refractivity contribution < 1.29 is 9.21 Å². The third-order valence-corrected chi connectivity index (χ3v) is 4.47. The number of benzene rings is 2. The number of hydrogen-bond donors (Lipinski definition) is 3. The zero-order valence-electron chi connectivity index (χ0n) is 15.3. The minimum atomic E-state index is -0.121. The van der Waals surface area contributed by atoms with Gasteiger partial charge in [0.25, 0.3) is 6.01 Å². The van der Waals surface area contributed by atoms with Crippen LogP contribution in [-0.4, -0.2) is 39.4 Å². The van der Waals surface area contributed by atoms with Gasteiger partial charge in [-0.1, -0.05) is 24.3 Å². The number of aromatic nitrogens is 3. The molecule has 2 aromatic carbocycles. The highest BCUT2D eigenvalue weighted by Gasteiger charge is 2.14. The highest BCUT2D eigenvalue weighted by atomic mass is 16.4. The number of nitrogens with one attached hydrogen (secondary N) is 2. The first kappa shape index (κ1) is 17.7. The van der Waals surface area contributed by atoms with Crippen molar-refractivity contribution in [1.29, 1.82) is 0 Å². The van der Waals surface area contributed by atoms with Gasteiger partial charge in [-0.05, 0) is 23.8 Å². The fourth-order valence-electron chi connectivity index (χ4n) is 2.99. The number of oxazole rings is 1. The molecule has 4 aromatic rings. The van der Waals surface area contributed by atoms with Gasteiger partial charge in [-0.3, -0.25) is 4.79 Å². The lowest BCUT2D eigenvalue weighted by Gasteiger charge is -2.17. The summed E-state index contributed by atoms with van der Waals surface area (Å²) in [5, 5.41) is 3.16. The molecule has 8 nitrogen and oxygen atoms in total. The van der Waals surface area contributed by atoms with E-state index in [1.807, 2.05) is 42.5 Å². The van der Waals surface area contributed by atoms with Crippen LogP contribution in [0.4, 0.5) is 11.7 Å². The summed E-state index contributed by atoms with van der Waals surface area (Å²) >= 11 is 0. The number of hydrogen-bond acceptors (Lipinski definition) is 6. The SMILES string of the molecule is CN(Cc1ccccc1-c1cnc(Nc2ccc3nc[nH]c3c2)o1)C(=O)CN. The van der Waals surface area contributed by atoms with Crippen LogP contribution in [-0.2, 0) is 11.3 Å².